The molecular formula is C18H16N2O2. The topological polar surface area (TPSA) is 46.4 Å². The second-order valence-corrected chi connectivity index (χ2v) is 5.27. The van der Waals surface area contributed by atoms with Gasteiger partial charge in [0, 0.05) is 30.9 Å². The summed E-state index contributed by atoms with van der Waals surface area (Å²) in [6, 6.07) is 21.2. The van der Waals surface area contributed by atoms with Gasteiger partial charge in [-0.05, 0) is 22.9 Å². The van der Waals surface area contributed by atoms with Crippen molar-refractivity contribution in [3.63, 3.8) is 0 Å². The Labute approximate surface area is 128 Å². The second kappa shape index (κ2) is 5.85. The molecule has 0 atom stereocenters. The Morgan fingerprint density at radius 1 is 0.955 bits per heavy atom. The summed E-state index contributed by atoms with van der Waals surface area (Å²) in [7, 11) is 1.95. The zero-order valence-corrected chi connectivity index (χ0v) is 12.3. The molecule has 3 aromatic carbocycles. The van der Waals surface area contributed by atoms with Crippen molar-refractivity contribution in [1.82, 2.24) is 0 Å². The molecule has 0 aliphatic heterocycles. The van der Waals surface area contributed by atoms with E-state index in [9.17, 15) is 10.1 Å². The highest BCUT2D eigenvalue weighted by atomic mass is 16.6. The number of hydrogen-bond acceptors (Lipinski definition) is 3. The largest absolute Gasteiger partial charge is 0.370 e. The molecule has 4 heteroatoms. The van der Waals surface area contributed by atoms with Gasteiger partial charge in [0.25, 0.3) is 5.69 Å². The lowest BCUT2D eigenvalue weighted by Crippen LogP contribution is -2.17. The van der Waals surface area contributed by atoms with Gasteiger partial charge in [0.2, 0.25) is 0 Å². The predicted molar refractivity (Wildman–Crippen MR) is 89.2 cm³/mol. The lowest BCUT2D eigenvalue weighted by molar-refractivity contribution is -0.385. The summed E-state index contributed by atoms with van der Waals surface area (Å²) >= 11 is 0. The third-order valence-electron chi connectivity index (χ3n) is 3.77. The number of rotatable bonds is 4. The third-order valence-corrected chi connectivity index (χ3v) is 3.77. The molecule has 0 radical (unpaired) electrons. The molecule has 22 heavy (non-hydrogen) atoms. The molecule has 0 spiro atoms. The summed E-state index contributed by atoms with van der Waals surface area (Å²) in [5.41, 5.74) is 1.91. The molecule has 0 saturated heterocycles. The van der Waals surface area contributed by atoms with Crippen LogP contribution in [0.15, 0.2) is 66.7 Å². The van der Waals surface area contributed by atoms with E-state index in [0.29, 0.717) is 12.1 Å². The van der Waals surface area contributed by atoms with Crippen LogP contribution in [-0.2, 0) is 6.54 Å². The average Bonchev–Trinajstić information content (AvgIpc) is 2.54. The highest BCUT2D eigenvalue weighted by molar-refractivity contribution is 5.85. The van der Waals surface area contributed by atoms with E-state index in [1.807, 2.05) is 36.2 Å². The normalized spacial score (nSPS) is 10.6. The van der Waals surface area contributed by atoms with E-state index in [1.165, 1.54) is 5.39 Å². The van der Waals surface area contributed by atoms with Crippen LogP contribution in [0.1, 0.15) is 5.56 Å². The van der Waals surface area contributed by atoms with E-state index in [1.54, 1.807) is 18.2 Å². The molecule has 4 nitrogen and oxygen atoms in total. The quantitative estimate of drug-likeness (QED) is 0.529. The summed E-state index contributed by atoms with van der Waals surface area (Å²) in [6.45, 7) is 0.496. The maximum Gasteiger partial charge on any atom is 0.274 e. The van der Waals surface area contributed by atoms with E-state index in [-0.39, 0.29) is 10.6 Å². The molecule has 0 bridgehead atoms. The molecular weight excluding hydrogens is 276 g/mol. The molecule has 0 aliphatic rings. The summed E-state index contributed by atoms with van der Waals surface area (Å²) in [4.78, 5) is 12.8. The Morgan fingerprint density at radius 2 is 1.64 bits per heavy atom. The predicted octanol–water partition coefficient (Wildman–Crippen LogP) is 4.38. The van der Waals surface area contributed by atoms with Gasteiger partial charge < -0.3 is 4.90 Å². The van der Waals surface area contributed by atoms with Gasteiger partial charge >= 0.3 is 0 Å². The van der Waals surface area contributed by atoms with Crippen molar-refractivity contribution in [2.24, 2.45) is 0 Å². The summed E-state index contributed by atoms with van der Waals surface area (Å²) in [5, 5.41) is 13.4. The first-order valence-corrected chi connectivity index (χ1v) is 7.07. The minimum atomic E-state index is -0.330. The minimum Gasteiger partial charge on any atom is -0.370 e. The van der Waals surface area contributed by atoms with Crippen LogP contribution in [0.3, 0.4) is 0 Å². The van der Waals surface area contributed by atoms with E-state index in [0.717, 1.165) is 11.1 Å². The van der Waals surface area contributed by atoms with Crippen molar-refractivity contribution in [2.45, 2.75) is 6.54 Å². The Bertz CT molecular complexity index is 830. The Morgan fingerprint density at radius 3 is 2.41 bits per heavy atom. The SMILES string of the molecule is CN(Cc1ccccc1[N+](=O)[O-])c1ccc2ccccc2c1. The molecule has 0 amide bonds. The molecule has 0 fully saturated rings. The fourth-order valence-corrected chi connectivity index (χ4v) is 2.58. The van der Waals surface area contributed by atoms with Crippen LogP contribution in [0.2, 0.25) is 0 Å². The van der Waals surface area contributed by atoms with E-state index in [2.05, 4.69) is 24.3 Å². The van der Waals surface area contributed by atoms with Crippen molar-refractivity contribution in [3.8, 4) is 0 Å². The maximum absolute atomic E-state index is 11.1. The van der Waals surface area contributed by atoms with E-state index in [4.69, 9.17) is 0 Å². The highest BCUT2D eigenvalue weighted by Crippen LogP contribution is 2.25. The molecule has 110 valence electrons. The van der Waals surface area contributed by atoms with Crippen LogP contribution in [0.4, 0.5) is 11.4 Å². The minimum absolute atomic E-state index is 0.162. The zero-order chi connectivity index (χ0) is 15.5. The van der Waals surface area contributed by atoms with Gasteiger partial charge in [-0.3, -0.25) is 10.1 Å². The Kier molecular flexibility index (Phi) is 3.74. The van der Waals surface area contributed by atoms with Gasteiger partial charge in [-0.15, -0.1) is 0 Å². The summed E-state index contributed by atoms with van der Waals surface area (Å²) in [5.74, 6) is 0. The summed E-state index contributed by atoms with van der Waals surface area (Å²) in [6.07, 6.45) is 0. The molecule has 0 unspecified atom stereocenters. The van der Waals surface area contributed by atoms with Crippen LogP contribution in [0, 0.1) is 10.1 Å². The summed E-state index contributed by atoms with van der Waals surface area (Å²) < 4.78 is 0. The van der Waals surface area contributed by atoms with E-state index < -0.39 is 0 Å². The van der Waals surface area contributed by atoms with Crippen molar-refractivity contribution in [3.05, 3.63) is 82.4 Å². The molecule has 0 aliphatic carbocycles. The van der Waals surface area contributed by atoms with Gasteiger partial charge in [0.15, 0.2) is 0 Å². The first kappa shape index (κ1) is 14.1. The van der Waals surface area contributed by atoms with Gasteiger partial charge in [0.05, 0.1) is 4.92 Å². The number of benzene rings is 3. The zero-order valence-electron chi connectivity index (χ0n) is 12.3. The number of para-hydroxylation sites is 1. The third kappa shape index (κ3) is 2.76. The number of fused-ring (bicyclic) bond motifs is 1. The van der Waals surface area contributed by atoms with Crippen molar-refractivity contribution >= 4 is 22.1 Å². The smallest absolute Gasteiger partial charge is 0.274 e. The standard InChI is InChI=1S/C18H16N2O2/c1-19(13-16-8-4-5-9-18(16)20(21)22)17-11-10-14-6-2-3-7-15(14)12-17/h2-12H,13H2,1H3. The fraction of sp³-hybridized carbons (Fsp3) is 0.111. The van der Waals surface area contributed by atoms with Crippen LogP contribution in [0.5, 0.6) is 0 Å². The van der Waals surface area contributed by atoms with Crippen molar-refractivity contribution in [2.75, 3.05) is 11.9 Å². The fourth-order valence-electron chi connectivity index (χ4n) is 2.58. The van der Waals surface area contributed by atoms with Gasteiger partial charge in [0.1, 0.15) is 0 Å². The molecule has 0 heterocycles. The van der Waals surface area contributed by atoms with Crippen LogP contribution in [-0.4, -0.2) is 12.0 Å². The lowest BCUT2D eigenvalue weighted by atomic mass is 10.1. The number of anilines is 1. The Hall–Kier alpha value is -2.88. The van der Waals surface area contributed by atoms with Crippen LogP contribution < -0.4 is 4.90 Å². The van der Waals surface area contributed by atoms with Gasteiger partial charge in [-0.25, -0.2) is 0 Å². The Balaban J connectivity index is 1.90. The van der Waals surface area contributed by atoms with Gasteiger partial charge in [-0.1, -0.05) is 48.5 Å². The lowest BCUT2D eigenvalue weighted by Gasteiger charge is -2.20. The first-order chi connectivity index (χ1) is 10.6. The van der Waals surface area contributed by atoms with Crippen LogP contribution in [0.25, 0.3) is 10.8 Å². The van der Waals surface area contributed by atoms with E-state index >= 15 is 0 Å². The maximum atomic E-state index is 11.1. The number of hydrogen-bond donors (Lipinski definition) is 0. The number of nitro groups is 1. The molecule has 0 saturated carbocycles. The molecule has 0 N–H and O–H groups in total. The molecule has 3 rings (SSSR count). The average molecular weight is 292 g/mol. The number of nitro benzene ring substituents is 1. The number of nitrogens with zero attached hydrogens (tertiary/aromatic N) is 2. The molecule has 0 aromatic heterocycles. The first-order valence-electron chi connectivity index (χ1n) is 7.07. The van der Waals surface area contributed by atoms with Crippen molar-refractivity contribution < 1.29 is 4.92 Å². The van der Waals surface area contributed by atoms with Crippen LogP contribution >= 0.6 is 0 Å². The monoisotopic (exact) mass is 292 g/mol. The van der Waals surface area contributed by atoms with Crippen molar-refractivity contribution in [1.29, 1.82) is 0 Å². The van der Waals surface area contributed by atoms with Gasteiger partial charge in [-0.2, -0.15) is 0 Å². The molecule has 3 aromatic rings. The second-order valence-electron chi connectivity index (χ2n) is 5.27. The highest BCUT2D eigenvalue weighted by Gasteiger charge is 2.14.